The van der Waals surface area contributed by atoms with Crippen molar-refractivity contribution >= 4 is 12.4 Å². The zero-order chi connectivity index (χ0) is 11.4. The van der Waals surface area contributed by atoms with Crippen LogP contribution in [0.4, 0.5) is 0 Å². The summed E-state index contributed by atoms with van der Waals surface area (Å²) < 4.78 is 10.5. The number of hydrogen-bond donors (Lipinski definition) is 1. The summed E-state index contributed by atoms with van der Waals surface area (Å²) in [6, 6.07) is 8.16. The maximum absolute atomic E-state index is 6.26. The predicted molar refractivity (Wildman–Crippen MR) is 70.7 cm³/mol. The second kappa shape index (κ2) is 6.84. The van der Waals surface area contributed by atoms with E-state index < -0.39 is 0 Å². The van der Waals surface area contributed by atoms with E-state index in [2.05, 4.69) is 12.1 Å². The molecule has 1 aliphatic rings. The molecule has 0 aliphatic carbocycles. The van der Waals surface area contributed by atoms with Crippen molar-refractivity contribution in [2.24, 2.45) is 11.7 Å². The molecule has 0 radical (unpaired) electrons. The number of nitrogens with two attached hydrogens (primary N) is 1. The van der Waals surface area contributed by atoms with E-state index in [0.29, 0.717) is 5.92 Å². The average molecular weight is 258 g/mol. The van der Waals surface area contributed by atoms with Gasteiger partial charge < -0.3 is 15.2 Å². The first-order valence-electron chi connectivity index (χ1n) is 5.78. The fourth-order valence-corrected chi connectivity index (χ4v) is 2.17. The summed E-state index contributed by atoms with van der Waals surface area (Å²) in [5.41, 5.74) is 7.45. The molecule has 1 atom stereocenters. The van der Waals surface area contributed by atoms with Crippen LogP contribution in [-0.2, 0) is 4.74 Å². The fraction of sp³-hybridized carbons (Fsp3) is 0.538. The molecule has 1 heterocycles. The topological polar surface area (TPSA) is 44.5 Å². The molecule has 1 saturated heterocycles. The first-order chi connectivity index (χ1) is 7.81. The van der Waals surface area contributed by atoms with Crippen molar-refractivity contribution in [1.82, 2.24) is 0 Å². The standard InChI is InChI=1S/C13H19NO2.ClH/c1-15-12-4-2-10(3-5-12)13(14)11-6-8-16-9-7-11;/h2-5,11,13H,6-9,14H2,1H3;1H. The summed E-state index contributed by atoms with van der Waals surface area (Å²) in [5.74, 6) is 1.42. The van der Waals surface area contributed by atoms with E-state index in [0.717, 1.165) is 31.8 Å². The zero-order valence-electron chi connectivity index (χ0n) is 10.1. The Balaban J connectivity index is 0.00000144. The van der Waals surface area contributed by atoms with Gasteiger partial charge in [-0.1, -0.05) is 12.1 Å². The Labute approximate surface area is 109 Å². The molecule has 3 nitrogen and oxygen atoms in total. The molecule has 17 heavy (non-hydrogen) atoms. The van der Waals surface area contributed by atoms with Gasteiger partial charge in [0, 0.05) is 19.3 Å². The lowest BCUT2D eigenvalue weighted by Crippen LogP contribution is -2.27. The van der Waals surface area contributed by atoms with E-state index in [9.17, 15) is 0 Å². The van der Waals surface area contributed by atoms with Gasteiger partial charge in [-0.05, 0) is 36.5 Å². The molecule has 2 rings (SSSR count). The van der Waals surface area contributed by atoms with Crippen LogP contribution in [0, 0.1) is 5.92 Å². The minimum absolute atomic E-state index is 0. The zero-order valence-corrected chi connectivity index (χ0v) is 10.9. The molecule has 1 aromatic carbocycles. The number of methoxy groups -OCH3 is 1. The van der Waals surface area contributed by atoms with Crippen molar-refractivity contribution in [1.29, 1.82) is 0 Å². The van der Waals surface area contributed by atoms with E-state index in [4.69, 9.17) is 15.2 Å². The van der Waals surface area contributed by atoms with Gasteiger partial charge >= 0.3 is 0 Å². The van der Waals surface area contributed by atoms with Gasteiger partial charge in [0.05, 0.1) is 7.11 Å². The van der Waals surface area contributed by atoms with Crippen LogP contribution in [0.5, 0.6) is 5.75 Å². The first-order valence-corrected chi connectivity index (χ1v) is 5.78. The third-order valence-electron chi connectivity index (χ3n) is 3.27. The molecule has 0 saturated carbocycles. The Morgan fingerprint density at radius 1 is 1.24 bits per heavy atom. The minimum Gasteiger partial charge on any atom is -0.497 e. The molecule has 4 heteroatoms. The minimum atomic E-state index is 0. The van der Waals surface area contributed by atoms with Gasteiger partial charge in [-0.3, -0.25) is 0 Å². The van der Waals surface area contributed by atoms with Crippen LogP contribution in [0.25, 0.3) is 0 Å². The molecule has 1 aromatic rings. The van der Waals surface area contributed by atoms with Crippen LogP contribution in [0.15, 0.2) is 24.3 Å². The summed E-state index contributed by atoms with van der Waals surface area (Å²) in [6.07, 6.45) is 2.13. The van der Waals surface area contributed by atoms with E-state index in [1.165, 1.54) is 5.56 Å². The predicted octanol–water partition coefficient (Wildman–Crippen LogP) is 2.54. The highest BCUT2D eigenvalue weighted by Crippen LogP contribution is 2.28. The number of hydrogen-bond acceptors (Lipinski definition) is 3. The van der Waals surface area contributed by atoms with Crippen LogP contribution >= 0.6 is 12.4 Å². The molecule has 96 valence electrons. The molecular formula is C13H20ClNO2. The lowest BCUT2D eigenvalue weighted by molar-refractivity contribution is 0.0584. The van der Waals surface area contributed by atoms with Crippen LogP contribution in [-0.4, -0.2) is 20.3 Å². The lowest BCUT2D eigenvalue weighted by atomic mass is 9.88. The largest absolute Gasteiger partial charge is 0.497 e. The summed E-state index contributed by atoms with van der Waals surface area (Å²) in [6.45, 7) is 1.68. The SMILES string of the molecule is COc1ccc(C(N)C2CCOCC2)cc1.Cl. The quantitative estimate of drug-likeness (QED) is 0.905. The highest BCUT2D eigenvalue weighted by molar-refractivity contribution is 5.85. The third kappa shape index (κ3) is 3.60. The van der Waals surface area contributed by atoms with Crippen LogP contribution in [0.1, 0.15) is 24.4 Å². The van der Waals surface area contributed by atoms with Gasteiger partial charge in [-0.2, -0.15) is 0 Å². The van der Waals surface area contributed by atoms with Crippen molar-refractivity contribution in [2.45, 2.75) is 18.9 Å². The number of ether oxygens (including phenoxy) is 2. The van der Waals surface area contributed by atoms with E-state index in [1.807, 2.05) is 12.1 Å². The summed E-state index contributed by atoms with van der Waals surface area (Å²) in [4.78, 5) is 0. The van der Waals surface area contributed by atoms with Gasteiger partial charge in [-0.15, -0.1) is 12.4 Å². The van der Waals surface area contributed by atoms with Crippen molar-refractivity contribution in [3.05, 3.63) is 29.8 Å². The van der Waals surface area contributed by atoms with Crippen LogP contribution in [0.2, 0.25) is 0 Å². The Hall–Kier alpha value is -0.770. The Bertz CT molecular complexity index is 323. The highest BCUT2D eigenvalue weighted by atomic mass is 35.5. The lowest BCUT2D eigenvalue weighted by Gasteiger charge is -2.27. The second-order valence-corrected chi connectivity index (χ2v) is 4.25. The highest BCUT2D eigenvalue weighted by Gasteiger charge is 2.21. The molecular weight excluding hydrogens is 238 g/mol. The van der Waals surface area contributed by atoms with Crippen molar-refractivity contribution in [2.75, 3.05) is 20.3 Å². The van der Waals surface area contributed by atoms with Crippen LogP contribution < -0.4 is 10.5 Å². The van der Waals surface area contributed by atoms with Gasteiger partial charge in [-0.25, -0.2) is 0 Å². The number of benzene rings is 1. The summed E-state index contributed by atoms with van der Waals surface area (Å²) in [5, 5.41) is 0. The average Bonchev–Trinajstić information content (AvgIpc) is 2.39. The Morgan fingerprint density at radius 2 is 1.82 bits per heavy atom. The molecule has 2 N–H and O–H groups in total. The van der Waals surface area contributed by atoms with Gasteiger partial charge in [0.15, 0.2) is 0 Å². The Kier molecular flexibility index (Phi) is 5.75. The molecule has 1 unspecified atom stereocenters. The van der Waals surface area contributed by atoms with E-state index in [1.54, 1.807) is 7.11 Å². The van der Waals surface area contributed by atoms with Gasteiger partial charge in [0.25, 0.3) is 0 Å². The molecule has 0 amide bonds. The maximum Gasteiger partial charge on any atom is 0.118 e. The van der Waals surface area contributed by atoms with Gasteiger partial charge in [0.2, 0.25) is 0 Å². The number of rotatable bonds is 3. The normalized spacial score (nSPS) is 18.2. The van der Waals surface area contributed by atoms with E-state index >= 15 is 0 Å². The van der Waals surface area contributed by atoms with Crippen molar-refractivity contribution in [3.8, 4) is 5.75 Å². The summed E-state index contributed by atoms with van der Waals surface area (Å²) >= 11 is 0. The van der Waals surface area contributed by atoms with Crippen LogP contribution in [0.3, 0.4) is 0 Å². The second-order valence-electron chi connectivity index (χ2n) is 4.25. The molecule has 1 fully saturated rings. The number of halogens is 1. The fourth-order valence-electron chi connectivity index (χ4n) is 2.17. The molecule has 0 aromatic heterocycles. The van der Waals surface area contributed by atoms with Crippen molar-refractivity contribution < 1.29 is 9.47 Å². The molecule has 0 bridgehead atoms. The molecule has 1 aliphatic heterocycles. The summed E-state index contributed by atoms with van der Waals surface area (Å²) in [7, 11) is 1.67. The monoisotopic (exact) mass is 257 g/mol. The van der Waals surface area contributed by atoms with E-state index in [-0.39, 0.29) is 18.4 Å². The smallest absolute Gasteiger partial charge is 0.118 e. The third-order valence-corrected chi connectivity index (χ3v) is 3.27. The van der Waals surface area contributed by atoms with Gasteiger partial charge in [0.1, 0.15) is 5.75 Å². The molecule has 0 spiro atoms. The van der Waals surface area contributed by atoms with Crippen molar-refractivity contribution in [3.63, 3.8) is 0 Å². The maximum atomic E-state index is 6.26. The Morgan fingerprint density at radius 3 is 2.35 bits per heavy atom. The first kappa shape index (κ1) is 14.3.